The van der Waals surface area contributed by atoms with Gasteiger partial charge in [-0.2, -0.15) is 5.10 Å². The maximum Gasteiger partial charge on any atom is 0.0637 e. The van der Waals surface area contributed by atoms with E-state index in [0.29, 0.717) is 0 Å². The summed E-state index contributed by atoms with van der Waals surface area (Å²) in [6.45, 7) is 4.08. The van der Waals surface area contributed by atoms with Crippen LogP contribution < -0.4 is 5.32 Å². The standard InChI is InChI=1S/C12H17N3S/c1-10-3-4-12(16-10)9-13-7-5-11-6-8-15(2)14-11/h3-4,6,8,13H,5,7,9H2,1-2H3. The highest BCUT2D eigenvalue weighted by Crippen LogP contribution is 2.14. The average molecular weight is 235 g/mol. The Kier molecular flexibility index (Phi) is 3.74. The Morgan fingerprint density at radius 1 is 1.38 bits per heavy atom. The largest absolute Gasteiger partial charge is 0.311 e. The Labute approximate surface area is 100 Å². The molecule has 0 saturated carbocycles. The van der Waals surface area contributed by atoms with E-state index in [4.69, 9.17) is 0 Å². The van der Waals surface area contributed by atoms with Crippen LogP contribution in [0.25, 0.3) is 0 Å². The molecule has 3 nitrogen and oxygen atoms in total. The molecule has 0 aliphatic heterocycles. The van der Waals surface area contributed by atoms with Gasteiger partial charge in [-0.25, -0.2) is 0 Å². The van der Waals surface area contributed by atoms with Gasteiger partial charge in [0.1, 0.15) is 0 Å². The lowest BCUT2D eigenvalue weighted by atomic mass is 10.3. The number of aryl methyl sites for hydroxylation is 2. The second-order valence-electron chi connectivity index (χ2n) is 3.92. The number of hydrogen-bond donors (Lipinski definition) is 1. The molecule has 86 valence electrons. The summed E-state index contributed by atoms with van der Waals surface area (Å²) in [6, 6.07) is 6.42. The molecule has 0 atom stereocenters. The summed E-state index contributed by atoms with van der Waals surface area (Å²) in [4.78, 5) is 2.78. The number of aromatic nitrogens is 2. The predicted octanol–water partition coefficient (Wildman–Crippen LogP) is 2.12. The van der Waals surface area contributed by atoms with Crippen molar-refractivity contribution in [2.75, 3.05) is 6.54 Å². The monoisotopic (exact) mass is 235 g/mol. The van der Waals surface area contributed by atoms with Gasteiger partial charge in [0.25, 0.3) is 0 Å². The molecule has 16 heavy (non-hydrogen) atoms. The maximum atomic E-state index is 4.34. The molecule has 0 saturated heterocycles. The Morgan fingerprint density at radius 2 is 2.25 bits per heavy atom. The number of hydrogen-bond acceptors (Lipinski definition) is 3. The molecular weight excluding hydrogens is 218 g/mol. The van der Waals surface area contributed by atoms with Gasteiger partial charge in [0.15, 0.2) is 0 Å². The van der Waals surface area contributed by atoms with Crippen LogP contribution in [0.1, 0.15) is 15.4 Å². The van der Waals surface area contributed by atoms with Crippen molar-refractivity contribution < 1.29 is 0 Å². The summed E-state index contributed by atoms with van der Waals surface area (Å²) in [6.07, 6.45) is 2.98. The van der Waals surface area contributed by atoms with Gasteiger partial charge in [0.2, 0.25) is 0 Å². The third-order valence-electron chi connectivity index (χ3n) is 2.42. The summed E-state index contributed by atoms with van der Waals surface area (Å²) in [5, 5.41) is 7.77. The van der Waals surface area contributed by atoms with Gasteiger partial charge in [-0.15, -0.1) is 11.3 Å². The van der Waals surface area contributed by atoms with Crippen molar-refractivity contribution in [3.63, 3.8) is 0 Å². The van der Waals surface area contributed by atoms with Crippen LogP contribution in [0.5, 0.6) is 0 Å². The van der Waals surface area contributed by atoms with E-state index in [0.717, 1.165) is 25.2 Å². The summed E-state index contributed by atoms with van der Waals surface area (Å²) in [5.74, 6) is 0. The third kappa shape index (κ3) is 3.18. The summed E-state index contributed by atoms with van der Waals surface area (Å²) in [5.41, 5.74) is 1.15. The number of nitrogens with zero attached hydrogens (tertiary/aromatic N) is 2. The van der Waals surface area contributed by atoms with Crippen molar-refractivity contribution in [3.05, 3.63) is 39.8 Å². The minimum atomic E-state index is 0.964. The zero-order valence-corrected chi connectivity index (χ0v) is 10.5. The van der Waals surface area contributed by atoms with Gasteiger partial charge in [0, 0.05) is 42.5 Å². The Balaban J connectivity index is 1.69. The lowest BCUT2D eigenvalue weighted by Crippen LogP contribution is -2.16. The van der Waals surface area contributed by atoms with Crippen molar-refractivity contribution in [1.29, 1.82) is 0 Å². The minimum absolute atomic E-state index is 0.964. The van der Waals surface area contributed by atoms with Gasteiger partial charge >= 0.3 is 0 Å². The van der Waals surface area contributed by atoms with Gasteiger partial charge < -0.3 is 5.32 Å². The van der Waals surface area contributed by atoms with Crippen LogP contribution in [0.15, 0.2) is 24.4 Å². The molecule has 0 spiro atoms. The first-order valence-electron chi connectivity index (χ1n) is 5.48. The van der Waals surface area contributed by atoms with E-state index in [2.05, 4.69) is 35.5 Å². The number of rotatable bonds is 5. The van der Waals surface area contributed by atoms with Gasteiger partial charge in [0.05, 0.1) is 5.69 Å². The molecule has 0 fully saturated rings. The van der Waals surface area contributed by atoms with E-state index in [1.54, 1.807) is 0 Å². The molecular formula is C12H17N3S. The van der Waals surface area contributed by atoms with E-state index < -0.39 is 0 Å². The van der Waals surface area contributed by atoms with E-state index in [9.17, 15) is 0 Å². The molecule has 0 bridgehead atoms. The molecule has 2 aromatic heterocycles. The van der Waals surface area contributed by atoms with Crippen LogP contribution in [0.2, 0.25) is 0 Å². The minimum Gasteiger partial charge on any atom is -0.311 e. The molecule has 1 N–H and O–H groups in total. The fraction of sp³-hybridized carbons (Fsp3) is 0.417. The first-order chi connectivity index (χ1) is 7.74. The molecule has 0 unspecified atom stereocenters. The Morgan fingerprint density at radius 3 is 2.88 bits per heavy atom. The molecule has 0 aliphatic carbocycles. The molecule has 0 aliphatic rings. The second kappa shape index (κ2) is 5.27. The Hall–Kier alpha value is -1.13. The molecule has 2 heterocycles. The lowest BCUT2D eigenvalue weighted by molar-refractivity contribution is 0.670. The SMILES string of the molecule is Cc1ccc(CNCCc2ccn(C)n2)s1. The first-order valence-corrected chi connectivity index (χ1v) is 6.30. The maximum absolute atomic E-state index is 4.34. The topological polar surface area (TPSA) is 29.9 Å². The predicted molar refractivity (Wildman–Crippen MR) is 67.7 cm³/mol. The summed E-state index contributed by atoms with van der Waals surface area (Å²) < 4.78 is 1.85. The molecule has 0 aromatic carbocycles. The Bertz CT molecular complexity index is 402. The van der Waals surface area contributed by atoms with Crippen LogP contribution in [-0.4, -0.2) is 16.3 Å². The van der Waals surface area contributed by atoms with E-state index >= 15 is 0 Å². The van der Waals surface area contributed by atoms with E-state index in [-0.39, 0.29) is 0 Å². The van der Waals surface area contributed by atoms with E-state index in [1.165, 1.54) is 9.75 Å². The average Bonchev–Trinajstić information content (AvgIpc) is 2.83. The highest BCUT2D eigenvalue weighted by Gasteiger charge is 1.98. The number of thiophene rings is 1. The molecule has 2 aromatic rings. The van der Waals surface area contributed by atoms with Crippen LogP contribution in [0.3, 0.4) is 0 Å². The van der Waals surface area contributed by atoms with Crippen molar-refractivity contribution in [2.45, 2.75) is 19.9 Å². The fourth-order valence-electron chi connectivity index (χ4n) is 1.60. The highest BCUT2D eigenvalue weighted by molar-refractivity contribution is 7.11. The van der Waals surface area contributed by atoms with Crippen LogP contribution in [0.4, 0.5) is 0 Å². The quantitative estimate of drug-likeness (QED) is 0.805. The fourth-order valence-corrected chi connectivity index (χ4v) is 2.46. The molecule has 0 amide bonds. The van der Waals surface area contributed by atoms with Crippen LogP contribution in [-0.2, 0) is 20.0 Å². The highest BCUT2D eigenvalue weighted by atomic mass is 32.1. The summed E-state index contributed by atoms with van der Waals surface area (Å²) >= 11 is 1.86. The van der Waals surface area contributed by atoms with Crippen molar-refractivity contribution >= 4 is 11.3 Å². The number of nitrogens with one attached hydrogen (secondary N) is 1. The van der Waals surface area contributed by atoms with Gasteiger partial charge in [-0.3, -0.25) is 4.68 Å². The molecule has 2 rings (SSSR count). The van der Waals surface area contributed by atoms with Gasteiger partial charge in [-0.05, 0) is 25.1 Å². The zero-order chi connectivity index (χ0) is 11.4. The van der Waals surface area contributed by atoms with Crippen LogP contribution >= 0.6 is 11.3 Å². The molecule has 0 radical (unpaired) electrons. The van der Waals surface area contributed by atoms with Gasteiger partial charge in [-0.1, -0.05) is 0 Å². The normalized spacial score (nSPS) is 10.9. The van der Waals surface area contributed by atoms with E-state index in [1.807, 2.05) is 29.3 Å². The molecule has 4 heteroatoms. The van der Waals surface area contributed by atoms with Crippen molar-refractivity contribution in [3.8, 4) is 0 Å². The van der Waals surface area contributed by atoms with Crippen molar-refractivity contribution in [2.24, 2.45) is 7.05 Å². The second-order valence-corrected chi connectivity index (χ2v) is 5.29. The first kappa shape index (κ1) is 11.4. The van der Waals surface area contributed by atoms with Crippen molar-refractivity contribution in [1.82, 2.24) is 15.1 Å². The zero-order valence-electron chi connectivity index (χ0n) is 9.73. The third-order valence-corrected chi connectivity index (χ3v) is 3.42. The van der Waals surface area contributed by atoms with Crippen LogP contribution in [0, 0.1) is 6.92 Å². The smallest absolute Gasteiger partial charge is 0.0637 e. The lowest BCUT2D eigenvalue weighted by Gasteiger charge is -2.00. The summed E-state index contributed by atoms with van der Waals surface area (Å²) in [7, 11) is 1.95.